The van der Waals surface area contributed by atoms with E-state index in [2.05, 4.69) is 218 Å². The van der Waals surface area contributed by atoms with Crippen LogP contribution in [0.2, 0.25) is 0 Å². The Morgan fingerprint density at radius 2 is 0.762 bits per heavy atom. The molecule has 9 aromatic carbocycles. The Hall–Kier alpha value is -8.78. The molecule has 4 aromatic heterocycles. The molecule has 0 radical (unpaired) electrons. The SMILES string of the molecule is c1ccc([Si]2(c3ccccc3)c3cc(-n4c5c(c6ccccc64)CCCC5)ccc3B3c4cc(-n5c6c(c7ccccc75)CCC6)cc(-n5c6c(c7ccccc75)CCC6)c4Oc4cc(-n5c6c(c7ccccc75)CCCCC6)cc2c43)cc1. The fraction of sp³-hybridized carbons (Fsp3) is 0.195. The normalized spacial score (nSPS) is 16.3. The van der Waals surface area contributed by atoms with Crippen LogP contribution < -0.4 is 41.9 Å². The largest absolute Gasteiger partial charge is 0.456 e. The lowest BCUT2D eigenvalue weighted by Gasteiger charge is -2.45. The first-order valence-electron chi connectivity index (χ1n) is 31.5. The highest BCUT2D eigenvalue weighted by Crippen LogP contribution is 2.45. The summed E-state index contributed by atoms with van der Waals surface area (Å²) >= 11 is 0. The van der Waals surface area contributed by atoms with Crippen molar-refractivity contribution in [1.29, 1.82) is 0 Å². The Balaban J connectivity index is 0.988. The first kappa shape index (κ1) is 47.7. The number of hydrogen-bond donors (Lipinski definition) is 0. The molecule has 2 aliphatic heterocycles. The zero-order valence-electron chi connectivity index (χ0n) is 47.4. The minimum absolute atomic E-state index is 0.137. The van der Waals surface area contributed by atoms with Crippen molar-refractivity contribution in [3.8, 4) is 34.2 Å². The number of ether oxygens (including phenoxy) is 1. The van der Waals surface area contributed by atoms with Gasteiger partial charge >= 0.3 is 0 Å². The van der Waals surface area contributed by atoms with Crippen molar-refractivity contribution in [3.05, 3.63) is 245 Å². The van der Waals surface area contributed by atoms with Crippen LogP contribution in [0.4, 0.5) is 0 Å². The highest BCUT2D eigenvalue weighted by atomic mass is 28.3. The average molecular weight is 1100 g/mol. The zero-order chi connectivity index (χ0) is 54.8. The number of fused-ring (bicyclic) bond motifs is 16. The Bertz CT molecular complexity index is 4900. The van der Waals surface area contributed by atoms with Crippen molar-refractivity contribution in [3.63, 3.8) is 0 Å². The molecular formula is C77H63BN4OSi. The Morgan fingerprint density at radius 3 is 1.33 bits per heavy atom. The smallest absolute Gasteiger partial charge is 0.250 e. The summed E-state index contributed by atoms with van der Waals surface area (Å²) in [5, 5.41) is 11.2. The molecule has 6 heterocycles. The highest BCUT2D eigenvalue weighted by molar-refractivity contribution is 7.26. The molecule has 0 bridgehead atoms. The lowest BCUT2D eigenvalue weighted by Crippen LogP contribution is -2.87. The van der Waals surface area contributed by atoms with Crippen LogP contribution in [-0.4, -0.2) is 33.1 Å². The third-order valence-electron chi connectivity index (χ3n) is 21.1. The van der Waals surface area contributed by atoms with Gasteiger partial charge in [0.2, 0.25) is 0 Å². The standard InChI is InChI=1S/C77H63BN4OSi/c1-4-22-52(23-5-1)84(53-24-6-2-7-25-53)74-47-49(79-64-35-15-10-27-55(64)56-28-11-16-36-65(56)79)42-43-62(74)78-63-44-50(80-67-37-17-13-30-58(67)60-32-20-40-69(60)80)45-72(82-70-39-19-14-31-59(70)61-33-21-41-71(61)82)77(63)83-73-46-51(48-75(84)76(73)78)81-66-34-9-3-8-26-54(66)57-29-12-18-38-68(57)81/h1-2,4-7,10,12-15,17-19,22-25,27,29-31,35,37-39,42-48H,3,8-9,11,16,20-21,26,28,32-34,36,40-41H2. The van der Waals surface area contributed by atoms with E-state index in [0.717, 1.165) is 75.0 Å². The van der Waals surface area contributed by atoms with Crippen LogP contribution in [0.3, 0.4) is 0 Å². The van der Waals surface area contributed by atoms with Crippen LogP contribution in [0, 0.1) is 0 Å². The number of rotatable bonds is 6. The molecule has 13 aromatic rings. The number of hydrogen-bond acceptors (Lipinski definition) is 1. The molecule has 5 nitrogen and oxygen atoms in total. The van der Waals surface area contributed by atoms with Crippen molar-refractivity contribution in [2.45, 2.75) is 96.3 Å². The Labute approximate surface area is 491 Å². The third-order valence-corrected chi connectivity index (χ3v) is 25.9. The summed E-state index contributed by atoms with van der Waals surface area (Å²) in [6.45, 7) is -0.137. The van der Waals surface area contributed by atoms with Gasteiger partial charge in [-0.15, -0.1) is 0 Å². The van der Waals surface area contributed by atoms with Gasteiger partial charge in [0.15, 0.2) is 8.07 Å². The number of aromatic nitrogens is 4. The maximum atomic E-state index is 8.21. The number of benzene rings is 9. The maximum Gasteiger partial charge on any atom is 0.250 e. The van der Waals surface area contributed by atoms with Crippen molar-refractivity contribution >= 4 is 95.5 Å². The van der Waals surface area contributed by atoms with Crippen molar-refractivity contribution in [1.82, 2.24) is 18.3 Å². The summed E-state index contributed by atoms with van der Waals surface area (Å²) in [5.41, 5.74) is 25.9. The quantitative estimate of drug-likeness (QED) is 0.120. The predicted octanol–water partition coefficient (Wildman–Crippen LogP) is 12.9. The van der Waals surface area contributed by atoms with Gasteiger partial charge in [0.25, 0.3) is 6.71 Å². The fourth-order valence-electron chi connectivity index (χ4n) is 17.8. The minimum atomic E-state index is -3.31. The van der Waals surface area contributed by atoms with E-state index in [1.165, 1.54) is 181 Å². The first-order chi connectivity index (χ1) is 41.7. The average Bonchev–Trinajstić information content (AvgIpc) is 0.921. The summed E-state index contributed by atoms with van der Waals surface area (Å²) in [6.07, 6.45) is 17.1. The van der Waals surface area contributed by atoms with Crippen LogP contribution >= 0.6 is 0 Å². The monoisotopic (exact) mass is 1100 g/mol. The van der Waals surface area contributed by atoms with E-state index >= 15 is 0 Å². The second-order valence-electron chi connectivity index (χ2n) is 25.2. The van der Waals surface area contributed by atoms with Crippen LogP contribution in [-0.2, 0) is 51.4 Å². The van der Waals surface area contributed by atoms with E-state index in [1.807, 2.05) is 0 Å². The molecule has 0 N–H and O–H groups in total. The van der Waals surface area contributed by atoms with Crippen molar-refractivity contribution in [2.75, 3.05) is 0 Å². The van der Waals surface area contributed by atoms with E-state index in [9.17, 15) is 0 Å². The van der Waals surface area contributed by atoms with Crippen LogP contribution in [0.1, 0.15) is 90.0 Å². The van der Waals surface area contributed by atoms with Crippen LogP contribution in [0.5, 0.6) is 11.5 Å². The second kappa shape index (κ2) is 18.1. The first-order valence-corrected chi connectivity index (χ1v) is 33.5. The summed E-state index contributed by atoms with van der Waals surface area (Å²) < 4.78 is 18.9. The van der Waals surface area contributed by atoms with Gasteiger partial charge in [0.05, 0.1) is 27.8 Å². The molecule has 0 unspecified atom stereocenters. The van der Waals surface area contributed by atoms with Crippen LogP contribution in [0.25, 0.3) is 66.4 Å². The van der Waals surface area contributed by atoms with Gasteiger partial charge in [0.1, 0.15) is 11.5 Å². The Morgan fingerprint density at radius 1 is 0.333 bits per heavy atom. The van der Waals surface area contributed by atoms with E-state index in [4.69, 9.17) is 4.74 Å². The fourth-order valence-corrected chi connectivity index (χ4v) is 23.1. The van der Waals surface area contributed by atoms with Gasteiger partial charge in [-0.1, -0.05) is 151 Å². The van der Waals surface area contributed by atoms with Gasteiger partial charge in [-0.05, 0) is 198 Å². The van der Waals surface area contributed by atoms with E-state index in [-0.39, 0.29) is 6.71 Å². The van der Waals surface area contributed by atoms with E-state index in [1.54, 1.807) is 0 Å². The topological polar surface area (TPSA) is 28.9 Å². The Kier molecular flexibility index (Phi) is 10.3. The van der Waals surface area contributed by atoms with E-state index in [0.29, 0.717) is 0 Å². The van der Waals surface area contributed by atoms with Gasteiger partial charge in [-0.25, -0.2) is 0 Å². The van der Waals surface area contributed by atoms with Gasteiger partial charge in [-0.3, -0.25) is 0 Å². The number of nitrogens with zero attached hydrogens (tertiary/aromatic N) is 4. The molecule has 4 aliphatic carbocycles. The van der Waals surface area contributed by atoms with Crippen molar-refractivity contribution in [2.24, 2.45) is 0 Å². The summed E-state index contributed by atoms with van der Waals surface area (Å²) in [4.78, 5) is 0. The van der Waals surface area contributed by atoms with Crippen LogP contribution in [0.15, 0.2) is 200 Å². The molecule has 0 atom stereocenters. The second-order valence-corrected chi connectivity index (χ2v) is 28.9. The number of para-hydroxylation sites is 4. The molecule has 0 saturated heterocycles. The summed E-state index contributed by atoms with van der Waals surface area (Å²) in [6, 6.07) is 78.7. The molecular weight excluding hydrogens is 1040 g/mol. The molecule has 0 spiro atoms. The molecule has 19 rings (SSSR count). The third kappa shape index (κ3) is 6.46. The maximum absolute atomic E-state index is 8.21. The molecule has 0 fully saturated rings. The summed E-state index contributed by atoms with van der Waals surface area (Å²) in [7, 11) is -3.31. The lowest BCUT2D eigenvalue weighted by molar-refractivity contribution is 0.484. The van der Waals surface area contributed by atoms with Gasteiger partial charge < -0.3 is 23.0 Å². The lowest BCUT2D eigenvalue weighted by atomic mass is 9.35. The van der Waals surface area contributed by atoms with Gasteiger partial charge in [-0.2, -0.15) is 0 Å². The molecule has 0 saturated carbocycles. The number of aryl methyl sites for hydroxylation is 4. The minimum Gasteiger partial charge on any atom is -0.456 e. The molecule has 84 heavy (non-hydrogen) atoms. The summed E-state index contributed by atoms with van der Waals surface area (Å²) in [5.74, 6) is 1.96. The zero-order valence-corrected chi connectivity index (χ0v) is 48.4. The van der Waals surface area contributed by atoms with E-state index < -0.39 is 8.07 Å². The molecule has 404 valence electrons. The molecule has 0 amide bonds. The molecule has 6 aliphatic rings. The highest BCUT2D eigenvalue weighted by Gasteiger charge is 2.54. The van der Waals surface area contributed by atoms with Crippen molar-refractivity contribution < 1.29 is 4.74 Å². The molecule has 7 heteroatoms. The predicted molar refractivity (Wildman–Crippen MR) is 351 cm³/mol. The van der Waals surface area contributed by atoms with Gasteiger partial charge in [0, 0.05) is 67.4 Å².